The average Bonchev–Trinajstić information content (AvgIpc) is 2.74. The molecule has 0 saturated heterocycles. The van der Waals surface area contributed by atoms with E-state index in [0.29, 0.717) is 11.3 Å². The SMILES string of the molecule is CSC1CCCCC1n1c(=S)[nH]c2ccc(C)cc21. The van der Waals surface area contributed by atoms with Crippen molar-refractivity contribution in [2.45, 2.75) is 43.9 Å². The molecule has 0 spiro atoms. The molecule has 0 radical (unpaired) electrons. The molecule has 0 bridgehead atoms. The van der Waals surface area contributed by atoms with Crippen molar-refractivity contribution >= 4 is 35.0 Å². The van der Waals surface area contributed by atoms with Gasteiger partial charge in [0, 0.05) is 11.3 Å². The number of hydrogen-bond donors (Lipinski definition) is 1. The summed E-state index contributed by atoms with van der Waals surface area (Å²) in [6, 6.07) is 7.10. The van der Waals surface area contributed by atoms with E-state index in [9.17, 15) is 0 Å². The van der Waals surface area contributed by atoms with Crippen LogP contribution in [0.2, 0.25) is 0 Å². The maximum absolute atomic E-state index is 5.58. The summed E-state index contributed by atoms with van der Waals surface area (Å²) in [5.41, 5.74) is 3.74. The third-order valence-electron chi connectivity index (χ3n) is 4.18. The van der Waals surface area contributed by atoms with E-state index in [2.05, 4.69) is 40.9 Å². The first-order valence-electron chi connectivity index (χ1n) is 6.94. The first-order valence-corrected chi connectivity index (χ1v) is 8.64. The molecule has 2 atom stereocenters. The third kappa shape index (κ3) is 2.36. The molecule has 102 valence electrons. The van der Waals surface area contributed by atoms with Crippen LogP contribution in [0.25, 0.3) is 11.0 Å². The average molecular weight is 292 g/mol. The van der Waals surface area contributed by atoms with Crippen molar-refractivity contribution in [1.82, 2.24) is 9.55 Å². The summed E-state index contributed by atoms with van der Waals surface area (Å²) in [7, 11) is 0. The Kier molecular flexibility index (Phi) is 3.72. The summed E-state index contributed by atoms with van der Waals surface area (Å²) in [5.74, 6) is 0. The number of nitrogens with zero attached hydrogens (tertiary/aromatic N) is 1. The summed E-state index contributed by atoms with van der Waals surface area (Å²) in [4.78, 5) is 3.36. The molecule has 1 aromatic heterocycles. The zero-order valence-corrected chi connectivity index (χ0v) is 13.1. The van der Waals surface area contributed by atoms with Gasteiger partial charge in [0.05, 0.1) is 11.0 Å². The predicted octanol–water partition coefficient (Wildman–Crippen LogP) is 4.85. The number of thioether (sulfide) groups is 1. The van der Waals surface area contributed by atoms with Gasteiger partial charge in [0.2, 0.25) is 0 Å². The van der Waals surface area contributed by atoms with Gasteiger partial charge in [-0.2, -0.15) is 11.8 Å². The van der Waals surface area contributed by atoms with Gasteiger partial charge in [-0.25, -0.2) is 0 Å². The Hall–Kier alpha value is -0.740. The Bertz CT molecular complexity index is 641. The number of fused-ring (bicyclic) bond motifs is 1. The molecule has 2 aromatic rings. The number of aromatic amines is 1. The third-order valence-corrected chi connectivity index (χ3v) is 5.63. The van der Waals surface area contributed by atoms with Crippen molar-refractivity contribution in [1.29, 1.82) is 0 Å². The van der Waals surface area contributed by atoms with E-state index in [1.54, 1.807) is 0 Å². The van der Waals surface area contributed by atoms with Crippen LogP contribution < -0.4 is 0 Å². The van der Waals surface area contributed by atoms with E-state index < -0.39 is 0 Å². The van der Waals surface area contributed by atoms with Gasteiger partial charge in [-0.3, -0.25) is 0 Å². The lowest BCUT2D eigenvalue weighted by Gasteiger charge is -2.31. The zero-order valence-electron chi connectivity index (χ0n) is 11.5. The maximum Gasteiger partial charge on any atom is 0.178 e. The number of nitrogens with one attached hydrogen (secondary N) is 1. The van der Waals surface area contributed by atoms with Crippen LogP contribution in [-0.4, -0.2) is 21.1 Å². The standard InChI is InChI=1S/C15H20N2S2/c1-10-7-8-11-13(9-10)17(15(18)16-11)12-5-3-4-6-14(12)19-2/h7-9,12,14H,3-6H2,1-2H3,(H,16,18). The molecule has 2 unspecified atom stereocenters. The minimum absolute atomic E-state index is 0.548. The Morgan fingerprint density at radius 3 is 2.89 bits per heavy atom. The van der Waals surface area contributed by atoms with E-state index in [4.69, 9.17) is 12.2 Å². The van der Waals surface area contributed by atoms with Crippen LogP contribution in [-0.2, 0) is 0 Å². The molecule has 19 heavy (non-hydrogen) atoms. The minimum Gasteiger partial charge on any atom is -0.331 e. The quantitative estimate of drug-likeness (QED) is 0.798. The molecule has 3 rings (SSSR count). The van der Waals surface area contributed by atoms with Crippen molar-refractivity contribution in [2.75, 3.05) is 6.26 Å². The summed E-state index contributed by atoms with van der Waals surface area (Å²) < 4.78 is 3.25. The largest absolute Gasteiger partial charge is 0.331 e. The Morgan fingerprint density at radius 2 is 2.11 bits per heavy atom. The minimum atomic E-state index is 0.548. The lowest BCUT2D eigenvalue weighted by molar-refractivity contribution is 0.369. The molecule has 2 nitrogen and oxygen atoms in total. The van der Waals surface area contributed by atoms with Crippen LogP contribution >= 0.6 is 24.0 Å². The van der Waals surface area contributed by atoms with Crippen molar-refractivity contribution < 1.29 is 0 Å². The number of benzene rings is 1. The number of hydrogen-bond acceptors (Lipinski definition) is 2. The van der Waals surface area contributed by atoms with Crippen molar-refractivity contribution in [2.24, 2.45) is 0 Å². The molecule has 1 aliphatic carbocycles. The van der Waals surface area contributed by atoms with Gasteiger partial charge in [0.1, 0.15) is 0 Å². The maximum atomic E-state index is 5.58. The van der Waals surface area contributed by atoms with E-state index in [0.717, 1.165) is 4.77 Å². The Balaban J connectivity index is 2.15. The highest BCUT2D eigenvalue weighted by Gasteiger charge is 2.27. The normalized spacial score (nSPS) is 23.9. The van der Waals surface area contributed by atoms with Crippen molar-refractivity contribution in [3.05, 3.63) is 28.5 Å². The molecule has 1 N–H and O–H groups in total. The zero-order chi connectivity index (χ0) is 13.4. The summed E-state index contributed by atoms with van der Waals surface area (Å²) in [6.45, 7) is 2.15. The second-order valence-electron chi connectivity index (χ2n) is 5.45. The molecular weight excluding hydrogens is 272 g/mol. The van der Waals surface area contributed by atoms with E-state index in [-0.39, 0.29) is 0 Å². The Labute approximate surface area is 123 Å². The summed E-state index contributed by atoms with van der Waals surface area (Å²) in [6.07, 6.45) is 7.47. The highest BCUT2D eigenvalue weighted by atomic mass is 32.2. The van der Waals surface area contributed by atoms with Crippen LogP contribution in [0, 0.1) is 11.7 Å². The molecule has 4 heteroatoms. The fourth-order valence-corrected chi connectivity index (χ4v) is 4.53. The van der Waals surface area contributed by atoms with Crippen LogP contribution in [0.15, 0.2) is 18.2 Å². The first-order chi connectivity index (χ1) is 9.20. The number of aryl methyl sites for hydroxylation is 1. The van der Waals surface area contributed by atoms with Crippen LogP contribution in [0.3, 0.4) is 0 Å². The molecule has 1 aliphatic rings. The van der Waals surface area contributed by atoms with E-state index in [1.807, 2.05) is 11.8 Å². The van der Waals surface area contributed by atoms with Crippen LogP contribution in [0.5, 0.6) is 0 Å². The van der Waals surface area contributed by atoms with Crippen molar-refractivity contribution in [3.63, 3.8) is 0 Å². The Morgan fingerprint density at radius 1 is 1.32 bits per heavy atom. The van der Waals surface area contributed by atoms with Gasteiger partial charge >= 0.3 is 0 Å². The second kappa shape index (κ2) is 5.33. The lowest BCUT2D eigenvalue weighted by atomic mass is 9.94. The number of aromatic nitrogens is 2. The highest BCUT2D eigenvalue weighted by molar-refractivity contribution is 7.99. The van der Waals surface area contributed by atoms with E-state index in [1.165, 1.54) is 42.3 Å². The first kappa shape index (κ1) is 13.3. The molecular formula is C15H20N2S2. The highest BCUT2D eigenvalue weighted by Crippen LogP contribution is 2.37. The summed E-state index contributed by atoms with van der Waals surface area (Å²) in [5, 5.41) is 0.694. The van der Waals surface area contributed by atoms with Crippen LogP contribution in [0.1, 0.15) is 37.3 Å². The van der Waals surface area contributed by atoms with Gasteiger partial charge in [-0.05, 0) is 55.9 Å². The van der Waals surface area contributed by atoms with Crippen molar-refractivity contribution in [3.8, 4) is 0 Å². The smallest absolute Gasteiger partial charge is 0.178 e. The fraction of sp³-hybridized carbons (Fsp3) is 0.533. The van der Waals surface area contributed by atoms with Gasteiger partial charge < -0.3 is 9.55 Å². The molecule has 1 saturated carbocycles. The van der Waals surface area contributed by atoms with Crippen LogP contribution in [0.4, 0.5) is 0 Å². The van der Waals surface area contributed by atoms with Gasteiger partial charge in [0.15, 0.2) is 4.77 Å². The monoisotopic (exact) mass is 292 g/mol. The number of rotatable bonds is 2. The topological polar surface area (TPSA) is 20.7 Å². The molecule has 1 heterocycles. The molecule has 0 aliphatic heterocycles. The lowest BCUT2D eigenvalue weighted by Crippen LogP contribution is -2.25. The summed E-state index contributed by atoms with van der Waals surface area (Å²) >= 11 is 7.57. The van der Waals surface area contributed by atoms with Gasteiger partial charge in [0.25, 0.3) is 0 Å². The molecule has 0 amide bonds. The second-order valence-corrected chi connectivity index (χ2v) is 6.91. The van der Waals surface area contributed by atoms with E-state index >= 15 is 0 Å². The van der Waals surface area contributed by atoms with Gasteiger partial charge in [-0.1, -0.05) is 18.9 Å². The predicted molar refractivity (Wildman–Crippen MR) is 86.7 cm³/mol. The molecule has 1 aromatic carbocycles. The number of H-pyrrole nitrogens is 1. The number of imidazole rings is 1. The van der Waals surface area contributed by atoms with Gasteiger partial charge in [-0.15, -0.1) is 0 Å². The fourth-order valence-electron chi connectivity index (χ4n) is 3.21. The molecule has 1 fully saturated rings.